The van der Waals surface area contributed by atoms with Crippen LogP contribution in [0.5, 0.6) is 0 Å². The zero-order chi connectivity index (χ0) is 14.3. The highest BCUT2D eigenvalue weighted by Gasteiger charge is 2.16. The normalized spacial score (nSPS) is 10.7. The summed E-state index contributed by atoms with van der Waals surface area (Å²) in [6.45, 7) is 2.25. The summed E-state index contributed by atoms with van der Waals surface area (Å²) in [6, 6.07) is 0. The van der Waals surface area contributed by atoms with E-state index in [1.807, 2.05) is 19.0 Å². The maximum Gasteiger partial charge on any atom is 0.329 e. The van der Waals surface area contributed by atoms with Gasteiger partial charge in [-0.25, -0.2) is 4.98 Å². The zero-order valence-corrected chi connectivity index (χ0v) is 11.6. The van der Waals surface area contributed by atoms with Gasteiger partial charge in [0, 0.05) is 13.1 Å². The van der Waals surface area contributed by atoms with E-state index < -0.39 is 4.92 Å². The minimum atomic E-state index is -0.564. The van der Waals surface area contributed by atoms with Gasteiger partial charge in [-0.05, 0) is 25.7 Å². The third-order valence-electron chi connectivity index (χ3n) is 2.16. The van der Waals surface area contributed by atoms with Crippen LogP contribution in [0.1, 0.15) is 0 Å². The van der Waals surface area contributed by atoms with Crippen molar-refractivity contribution in [3.05, 3.63) is 21.6 Å². The van der Waals surface area contributed by atoms with E-state index in [9.17, 15) is 10.1 Å². The molecule has 106 valence electrons. The fraction of sp³-hybridized carbons (Fsp3) is 0.600. The zero-order valence-electron chi connectivity index (χ0n) is 10.8. The maximum atomic E-state index is 10.7. The lowest BCUT2D eigenvalue weighted by Crippen LogP contribution is -2.20. The monoisotopic (exact) mass is 289 g/mol. The van der Waals surface area contributed by atoms with E-state index in [-0.39, 0.29) is 16.8 Å². The van der Waals surface area contributed by atoms with Crippen LogP contribution in [-0.4, -0.2) is 60.2 Å². The number of hydrogen-bond donors (Lipinski definition) is 1. The highest BCUT2D eigenvalue weighted by atomic mass is 35.5. The highest BCUT2D eigenvalue weighted by molar-refractivity contribution is 6.28. The molecule has 1 rings (SSSR count). The number of nitro groups is 1. The highest BCUT2D eigenvalue weighted by Crippen LogP contribution is 2.21. The smallest absolute Gasteiger partial charge is 0.329 e. The van der Waals surface area contributed by atoms with Crippen LogP contribution in [0, 0.1) is 10.1 Å². The molecule has 0 atom stereocenters. The van der Waals surface area contributed by atoms with E-state index in [1.165, 1.54) is 0 Å². The molecule has 0 saturated heterocycles. The lowest BCUT2D eigenvalue weighted by molar-refractivity contribution is -0.384. The summed E-state index contributed by atoms with van der Waals surface area (Å²) in [7, 11) is 3.90. The molecule has 1 aromatic rings. The number of likely N-dealkylation sites (N-methyl/N-ethyl adjacent to an activating group) is 1. The minimum Gasteiger partial charge on any atom is -0.378 e. The van der Waals surface area contributed by atoms with Crippen molar-refractivity contribution in [1.29, 1.82) is 0 Å². The van der Waals surface area contributed by atoms with Crippen molar-refractivity contribution < 1.29 is 9.66 Å². The molecule has 9 heteroatoms. The number of nitrogens with zero attached hydrogens (tertiary/aromatic N) is 4. The Bertz CT molecular complexity index is 430. The summed E-state index contributed by atoms with van der Waals surface area (Å²) in [6.07, 6.45) is 1.07. The molecular formula is C10H16ClN5O3. The molecule has 0 bridgehead atoms. The van der Waals surface area contributed by atoms with Gasteiger partial charge in [0.05, 0.1) is 18.1 Å². The molecule has 19 heavy (non-hydrogen) atoms. The standard InChI is InChI=1S/C10H16ClN5O3/c1-15(2)4-6-19-5-3-12-9-8(16(17)18)7-13-10(11)14-9/h7H,3-6H2,1-2H3,(H,12,13,14). The second kappa shape index (κ2) is 7.82. The van der Waals surface area contributed by atoms with Gasteiger partial charge in [-0.1, -0.05) is 0 Å². The fourth-order valence-corrected chi connectivity index (χ4v) is 1.34. The maximum absolute atomic E-state index is 10.7. The summed E-state index contributed by atoms with van der Waals surface area (Å²) >= 11 is 5.60. The summed E-state index contributed by atoms with van der Waals surface area (Å²) in [4.78, 5) is 19.5. The first-order chi connectivity index (χ1) is 9.00. The van der Waals surface area contributed by atoms with E-state index in [2.05, 4.69) is 15.3 Å². The predicted molar refractivity (Wildman–Crippen MR) is 71.6 cm³/mol. The number of aromatic nitrogens is 2. The Balaban J connectivity index is 2.40. The molecule has 0 amide bonds. The minimum absolute atomic E-state index is 0.0402. The van der Waals surface area contributed by atoms with Gasteiger partial charge in [-0.15, -0.1) is 0 Å². The van der Waals surface area contributed by atoms with Gasteiger partial charge >= 0.3 is 5.69 Å². The molecule has 0 fully saturated rings. The Hall–Kier alpha value is -1.51. The topological polar surface area (TPSA) is 93.4 Å². The molecular weight excluding hydrogens is 274 g/mol. The van der Waals surface area contributed by atoms with Crippen LogP contribution in [0.2, 0.25) is 5.28 Å². The SMILES string of the molecule is CN(C)CCOCCNc1nc(Cl)ncc1[N+](=O)[O-]. The molecule has 0 aromatic carbocycles. The van der Waals surface area contributed by atoms with Crippen molar-refractivity contribution in [3.63, 3.8) is 0 Å². The molecule has 1 aromatic heterocycles. The number of nitrogens with one attached hydrogen (secondary N) is 1. The first-order valence-electron chi connectivity index (χ1n) is 5.64. The van der Waals surface area contributed by atoms with Crippen LogP contribution < -0.4 is 5.32 Å². The van der Waals surface area contributed by atoms with E-state index >= 15 is 0 Å². The van der Waals surface area contributed by atoms with Crippen LogP contribution in [0.15, 0.2) is 6.20 Å². The number of ether oxygens (including phenoxy) is 1. The summed E-state index contributed by atoms with van der Waals surface area (Å²) in [5.41, 5.74) is -0.210. The number of halogens is 1. The average Bonchev–Trinajstić information content (AvgIpc) is 2.33. The summed E-state index contributed by atoms with van der Waals surface area (Å²) < 4.78 is 5.35. The van der Waals surface area contributed by atoms with Crippen LogP contribution in [0.3, 0.4) is 0 Å². The van der Waals surface area contributed by atoms with E-state index in [0.717, 1.165) is 12.7 Å². The molecule has 0 unspecified atom stereocenters. The lowest BCUT2D eigenvalue weighted by Gasteiger charge is -2.10. The van der Waals surface area contributed by atoms with Gasteiger partial charge in [-0.3, -0.25) is 10.1 Å². The van der Waals surface area contributed by atoms with Crippen LogP contribution >= 0.6 is 11.6 Å². The van der Waals surface area contributed by atoms with Gasteiger partial charge in [0.2, 0.25) is 11.1 Å². The predicted octanol–water partition coefficient (Wildman–Crippen LogP) is 1.03. The second-order valence-electron chi connectivity index (χ2n) is 3.97. The average molecular weight is 290 g/mol. The molecule has 0 spiro atoms. The van der Waals surface area contributed by atoms with E-state index in [4.69, 9.17) is 16.3 Å². The van der Waals surface area contributed by atoms with Gasteiger partial charge < -0.3 is 15.0 Å². The molecule has 0 aliphatic heterocycles. The van der Waals surface area contributed by atoms with Crippen molar-refractivity contribution in [1.82, 2.24) is 14.9 Å². The van der Waals surface area contributed by atoms with E-state index in [1.54, 1.807) is 0 Å². The van der Waals surface area contributed by atoms with Crippen molar-refractivity contribution in [2.75, 3.05) is 45.7 Å². The molecule has 0 saturated carbocycles. The van der Waals surface area contributed by atoms with Crippen LogP contribution in [0.25, 0.3) is 0 Å². The van der Waals surface area contributed by atoms with Crippen molar-refractivity contribution in [2.45, 2.75) is 0 Å². The Morgan fingerprint density at radius 3 is 2.89 bits per heavy atom. The van der Waals surface area contributed by atoms with Crippen LogP contribution in [0.4, 0.5) is 11.5 Å². The quantitative estimate of drug-likeness (QED) is 0.330. The van der Waals surface area contributed by atoms with Crippen LogP contribution in [-0.2, 0) is 4.74 Å². The Kier molecular flexibility index (Phi) is 6.40. The third kappa shape index (κ3) is 5.77. The molecule has 0 radical (unpaired) electrons. The van der Waals surface area contributed by atoms with Crippen molar-refractivity contribution in [3.8, 4) is 0 Å². The largest absolute Gasteiger partial charge is 0.378 e. The first kappa shape index (κ1) is 15.5. The number of rotatable bonds is 8. The second-order valence-corrected chi connectivity index (χ2v) is 4.31. The van der Waals surface area contributed by atoms with Crippen molar-refractivity contribution in [2.24, 2.45) is 0 Å². The molecule has 0 aliphatic rings. The fourth-order valence-electron chi connectivity index (χ4n) is 1.21. The number of anilines is 1. The van der Waals surface area contributed by atoms with Gasteiger partial charge in [0.1, 0.15) is 6.20 Å². The Morgan fingerprint density at radius 2 is 2.26 bits per heavy atom. The summed E-state index contributed by atoms with van der Waals surface area (Å²) in [5, 5.41) is 13.5. The van der Waals surface area contributed by atoms with Gasteiger partial charge in [0.25, 0.3) is 0 Å². The molecule has 1 N–H and O–H groups in total. The third-order valence-corrected chi connectivity index (χ3v) is 2.34. The summed E-state index contributed by atoms with van der Waals surface area (Å²) in [5.74, 6) is 0.0983. The van der Waals surface area contributed by atoms with Gasteiger partial charge in [0.15, 0.2) is 0 Å². The molecule has 8 nitrogen and oxygen atoms in total. The Morgan fingerprint density at radius 1 is 1.53 bits per heavy atom. The molecule has 0 aliphatic carbocycles. The lowest BCUT2D eigenvalue weighted by atomic mass is 10.4. The van der Waals surface area contributed by atoms with Gasteiger partial charge in [-0.2, -0.15) is 4.98 Å². The Labute approximate surface area is 115 Å². The van der Waals surface area contributed by atoms with E-state index in [0.29, 0.717) is 19.8 Å². The van der Waals surface area contributed by atoms with Crippen molar-refractivity contribution >= 4 is 23.1 Å². The number of hydrogen-bond acceptors (Lipinski definition) is 7. The molecule has 1 heterocycles. The first-order valence-corrected chi connectivity index (χ1v) is 6.01.